The van der Waals surface area contributed by atoms with Crippen LogP contribution in [0.2, 0.25) is 0 Å². The second-order valence-corrected chi connectivity index (χ2v) is 15.2. The summed E-state index contributed by atoms with van der Waals surface area (Å²) in [6.07, 6.45) is 6.92. The number of benzene rings is 2. The quantitative estimate of drug-likeness (QED) is 0.0852. The van der Waals surface area contributed by atoms with E-state index in [9.17, 15) is 18.4 Å². The number of pyridine rings is 1. The average molecular weight is 798 g/mol. The molecule has 0 atom stereocenters. The van der Waals surface area contributed by atoms with Crippen molar-refractivity contribution in [1.29, 1.82) is 0 Å². The fraction of sp³-hybridized carbons (Fsp3) is 0.412. The molecule has 2 aromatic carbocycles. The number of aryl methyl sites for hydroxylation is 1. The van der Waals surface area contributed by atoms with Gasteiger partial charge in [0, 0.05) is 96.9 Å². The summed E-state index contributed by atoms with van der Waals surface area (Å²) in [5.41, 5.74) is 1.36. The van der Waals surface area contributed by atoms with Crippen LogP contribution in [0, 0.1) is 11.6 Å². The van der Waals surface area contributed by atoms with Gasteiger partial charge in [0.2, 0.25) is 0 Å². The maximum absolute atomic E-state index is 14.6. The number of hydrogen-bond acceptors (Lipinski definition) is 7. The Morgan fingerprint density at radius 3 is 2.47 bits per heavy atom. The van der Waals surface area contributed by atoms with Gasteiger partial charge in [-0.05, 0) is 88.6 Å². The van der Waals surface area contributed by atoms with E-state index in [1.54, 1.807) is 36.0 Å². The molecule has 0 unspecified atom stereocenters. The Morgan fingerprint density at radius 1 is 1.02 bits per heavy atom. The van der Waals surface area contributed by atoms with Crippen LogP contribution in [0.3, 0.4) is 0 Å². The number of aromatic nitrogens is 2. The summed E-state index contributed by atoms with van der Waals surface area (Å²) in [7, 11) is 3.10. The van der Waals surface area contributed by atoms with Gasteiger partial charge in [0.05, 0.1) is 6.10 Å². The summed E-state index contributed by atoms with van der Waals surface area (Å²) in [6.45, 7) is 7.53. The number of piperidine rings is 1. The van der Waals surface area contributed by atoms with Gasteiger partial charge in [0.15, 0.2) is 11.6 Å². The van der Waals surface area contributed by atoms with Crippen molar-refractivity contribution in [1.82, 2.24) is 13.4 Å². The van der Waals surface area contributed by atoms with Crippen molar-refractivity contribution < 1.29 is 27.8 Å². The van der Waals surface area contributed by atoms with Gasteiger partial charge >= 0.3 is 6.09 Å². The Labute approximate surface area is 293 Å². The highest BCUT2D eigenvalue weighted by Gasteiger charge is 2.27. The molecule has 1 amide bonds. The number of ether oxygens (including phenoxy) is 3. The predicted octanol–water partition coefficient (Wildman–Crippen LogP) is 9.21. The third kappa shape index (κ3) is 9.04. The molecule has 0 bridgehead atoms. The molecule has 3 heterocycles. The first-order valence-corrected chi connectivity index (χ1v) is 19.7. The SMILES string of the molecule is Cn1cc(-c2cc(SCCCCOC3CCN(C(=O)OC(C)(C)C)CC3)ccc2Oc2ccc(F)cc2F)c2ccn(SI)c2c1=O. The summed E-state index contributed by atoms with van der Waals surface area (Å²) in [5, 5.41) is 0.748. The van der Waals surface area contributed by atoms with Crippen LogP contribution in [-0.2, 0) is 16.5 Å². The molecule has 252 valence electrons. The van der Waals surface area contributed by atoms with Gasteiger partial charge in [0.1, 0.15) is 22.7 Å². The molecule has 4 aromatic rings. The van der Waals surface area contributed by atoms with Crippen molar-refractivity contribution in [2.45, 2.75) is 63.1 Å². The van der Waals surface area contributed by atoms with E-state index in [1.165, 1.54) is 19.8 Å². The van der Waals surface area contributed by atoms with E-state index < -0.39 is 17.2 Å². The number of unbranched alkanes of at least 4 members (excludes halogenated alkanes) is 1. The second-order valence-electron chi connectivity index (χ2n) is 12.4. The minimum absolute atomic E-state index is 0.0926. The summed E-state index contributed by atoms with van der Waals surface area (Å²) in [6, 6.07) is 10.8. The Kier molecular flexibility index (Phi) is 11.8. The van der Waals surface area contributed by atoms with E-state index in [1.807, 2.05) is 49.1 Å². The molecule has 47 heavy (non-hydrogen) atoms. The highest BCUT2D eigenvalue weighted by Crippen LogP contribution is 2.40. The van der Waals surface area contributed by atoms with Gasteiger partial charge in [-0.1, -0.05) is 0 Å². The number of thioether (sulfide) groups is 1. The summed E-state index contributed by atoms with van der Waals surface area (Å²) >= 11 is 3.83. The van der Waals surface area contributed by atoms with Crippen molar-refractivity contribution in [2.75, 3.05) is 25.4 Å². The van der Waals surface area contributed by atoms with Crippen molar-refractivity contribution >= 4 is 59.1 Å². The van der Waals surface area contributed by atoms with Crippen LogP contribution in [-0.4, -0.2) is 56.7 Å². The summed E-state index contributed by atoms with van der Waals surface area (Å²) in [4.78, 5) is 28.1. The van der Waals surface area contributed by atoms with Gasteiger partial charge in [-0.25, -0.2) is 13.6 Å². The van der Waals surface area contributed by atoms with E-state index in [2.05, 4.69) is 21.2 Å². The van der Waals surface area contributed by atoms with Crippen LogP contribution in [0.1, 0.15) is 46.5 Å². The molecule has 1 aliphatic rings. The minimum atomic E-state index is -0.803. The molecule has 8 nitrogen and oxygen atoms in total. The molecule has 0 saturated carbocycles. The number of carbonyl (C=O) groups excluding carboxylic acids is 1. The first-order chi connectivity index (χ1) is 22.4. The van der Waals surface area contributed by atoms with Crippen molar-refractivity contribution in [3.05, 3.63) is 76.8 Å². The third-order valence-electron chi connectivity index (χ3n) is 7.67. The first kappa shape index (κ1) is 35.6. The minimum Gasteiger partial charge on any atom is -0.454 e. The lowest BCUT2D eigenvalue weighted by molar-refractivity contribution is -0.0118. The molecule has 0 N–H and O–H groups in total. The highest BCUT2D eigenvalue weighted by atomic mass is 127. The van der Waals surface area contributed by atoms with Crippen LogP contribution in [0.25, 0.3) is 22.0 Å². The van der Waals surface area contributed by atoms with Crippen LogP contribution in [0.5, 0.6) is 11.5 Å². The van der Waals surface area contributed by atoms with E-state index >= 15 is 0 Å². The molecule has 2 aromatic heterocycles. The smallest absolute Gasteiger partial charge is 0.410 e. The van der Waals surface area contributed by atoms with E-state index in [0.717, 1.165) is 59.4 Å². The normalized spacial score (nSPS) is 14.1. The van der Waals surface area contributed by atoms with E-state index in [0.29, 0.717) is 36.5 Å². The van der Waals surface area contributed by atoms with E-state index in [4.69, 9.17) is 14.2 Å². The molecule has 5 rings (SSSR count). The Bertz CT molecular complexity index is 1780. The molecule has 13 heteroatoms. The molecular weight excluding hydrogens is 759 g/mol. The van der Waals surface area contributed by atoms with Gasteiger partial charge in [-0.2, -0.15) is 0 Å². The average Bonchev–Trinajstić information content (AvgIpc) is 3.47. The maximum Gasteiger partial charge on any atom is 0.410 e. The Morgan fingerprint density at radius 2 is 1.77 bits per heavy atom. The van der Waals surface area contributed by atoms with Crippen molar-refractivity contribution in [3.8, 4) is 22.6 Å². The number of nitrogens with zero attached hydrogens (tertiary/aromatic N) is 3. The fourth-order valence-corrected chi connectivity index (χ4v) is 7.64. The predicted molar refractivity (Wildman–Crippen MR) is 193 cm³/mol. The number of likely N-dealkylation sites (tertiary alicyclic amines) is 1. The second kappa shape index (κ2) is 15.6. The lowest BCUT2D eigenvalue weighted by atomic mass is 10.0. The number of carbonyl (C=O) groups is 1. The fourth-order valence-electron chi connectivity index (χ4n) is 5.35. The van der Waals surface area contributed by atoms with Gasteiger partial charge in [-0.3, -0.25) is 8.77 Å². The summed E-state index contributed by atoms with van der Waals surface area (Å²) in [5.74, 6) is -0.334. The Balaban J connectivity index is 1.24. The lowest BCUT2D eigenvalue weighted by Gasteiger charge is -2.33. The van der Waals surface area contributed by atoms with Crippen molar-refractivity contribution in [2.24, 2.45) is 7.05 Å². The molecule has 1 fully saturated rings. The standard InChI is InChI=1S/C34H38F2IN3O5S2/c1-34(2,3)45-33(42)39-14-11-23(12-15-39)43-17-5-6-18-46-24-8-10-29(44-30-9-7-22(35)19-28(30)36)26(20-24)27-21-38(4)32(41)31-25(27)13-16-40(31)47-37/h7-10,13,16,19-21,23H,5-6,11-12,14-15,17-18H2,1-4H3. The van der Waals surface area contributed by atoms with Crippen molar-refractivity contribution in [3.63, 3.8) is 0 Å². The molecule has 0 radical (unpaired) electrons. The van der Waals surface area contributed by atoms with Gasteiger partial charge in [0.25, 0.3) is 5.56 Å². The number of rotatable bonds is 11. The zero-order valence-corrected chi connectivity index (χ0v) is 30.6. The number of amides is 1. The zero-order valence-electron chi connectivity index (χ0n) is 26.8. The monoisotopic (exact) mass is 797 g/mol. The first-order valence-electron chi connectivity index (χ1n) is 15.4. The lowest BCUT2D eigenvalue weighted by Crippen LogP contribution is -2.43. The molecule has 0 spiro atoms. The molecule has 0 aliphatic carbocycles. The molecule has 1 saturated heterocycles. The van der Waals surface area contributed by atoms with Crippen LogP contribution < -0.4 is 10.3 Å². The topological polar surface area (TPSA) is 74.9 Å². The zero-order chi connectivity index (χ0) is 33.7. The Hall–Kier alpha value is -2.75. The van der Waals surface area contributed by atoms with E-state index in [-0.39, 0.29) is 23.5 Å². The van der Waals surface area contributed by atoms with Gasteiger partial charge < -0.3 is 23.7 Å². The largest absolute Gasteiger partial charge is 0.454 e. The third-order valence-corrected chi connectivity index (χ3v) is 10.5. The van der Waals surface area contributed by atoms with Crippen LogP contribution >= 0.6 is 42.1 Å². The van der Waals surface area contributed by atoms with Crippen LogP contribution in [0.15, 0.2) is 64.5 Å². The number of hydrogen-bond donors (Lipinski definition) is 0. The number of halogens is 3. The maximum atomic E-state index is 14.6. The molecule has 1 aliphatic heterocycles. The van der Waals surface area contributed by atoms with Crippen LogP contribution in [0.4, 0.5) is 13.6 Å². The van der Waals surface area contributed by atoms with Gasteiger partial charge in [-0.15, -0.1) is 11.8 Å². The highest BCUT2D eigenvalue weighted by molar-refractivity contribution is 14.2. The molecular formula is C34H38F2IN3O5S2. The number of fused-ring (bicyclic) bond motifs is 1. The summed E-state index contributed by atoms with van der Waals surface area (Å²) < 4.78 is 49.1.